The summed E-state index contributed by atoms with van der Waals surface area (Å²) in [4.78, 5) is 14.5. The summed E-state index contributed by atoms with van der Waals surface area (Å²) in [5.74, 6) is -0.469. The first kappa shape index (κ1) is 19.3. The molecule has 6 nitrogen and oxygen atoms in total. The minimum Gasteiger partial charge on any atom is -0.349 e. The van der Waals surface area contributed by atoms with E-state index in [-0.39, 0.29) is 23.0 Å². The maximum atomic E-state index is 12.8. The van der Waals surface area contributed by atoms with Gasteiger partial charge in [0.25, 0.3) is 5.91 Å². The molecule has 1 aromatic rings. The average molecular weight is 383 g/mol. The van der Waals surface area contributed by atoms with Gasteiger partial charge in [0.15, 0.2) is 0 Å². The van der Waals surface area contributed by atoms with Crippen molar-refractivity contribution in [3.63, 3.8) is 0 Å². The number of amides is 1. The minimum atomic E-state index is -3.62. The highest BCUT2D eigenvalue weighted by molar-refractivity contribution is 7.89. The number of halogens is 1. The Hall–Kier alpha value is -1.51. The number of piperidine rings is 1. The molecular formula is C18H26FN3O3S. The smallest absolute Gasteiger partial charge is 0.251 e. The van der Waals surface area contributed by atoms with Crippen LogP contribution in [-0.4, -0.2) is 68.5 Å². The number of benzene rings is 1. The molecule has 0 spiro atoms. The number of carbonyl (C=O) groups is 1. The summed E-state index contributed by atoms with van der Waals surface area (Å²) >= 11 is 0. The number of carbonyl (C=O) groups excluding carboxylic acids is 1. The van der Waals surface area contributed by atoms with Gasteiger partial charge in [0.1, 0.15) is 6.67 Å². The number of likely N-dealkylation sites (tertiary alicyclic amines) is 1. The van der Waals surface area contributed by atoms with E-state index in [4.69, 9.17) is 0 Å². The lowest BCUT2D eigenvalue weighted by molar-refractivity contribution is 0.0360. The van der Waals surface area contributed by atoms with Gasteiger partial charge in [-0.3, -0.25) is 9.69 Å². The first-order valence-electron chi connectivity index (χ1n) is 9.13. The van der Waals surface area contributed by atoms with Gasteiger partial charge in [-0.25, -0.2) is 12.8 Å². The van der Waals surface area contributed by atoms with Crippen LogP contribution in [-0.2, 0) is 10.0 Å². The number of rotatable bonds is 6. The highest BCUT2D eigenvalue weighted by Gasteiger charge is 2.41. The summed E-state index contributed by atoms with van der Waals surface area (Å²) < 4.78 is 39.3. The van der Waals surface area contributed by atoms with Crippen molar-refractivity contribution in [1.82, 2.24) is 14.5 Å². The lowest BCUT2D eigenvalue weighted by Crippen LogP contribution is -2.63. The molecule has 2 aliphatic heterocycles. The van der Waals surface area contributed by atoms with Gasteiger partial charge in [-0.05, 0) is 44.5 Å². The molecule has 0 saturated carbocycles. The maximum Gasteiger partial charge on any atom is 0.251 e. The van der Waals surface area contributed by atoms with Crippen LogP contribution in [0.4, 0.5) is 4.39 Å². The van der Waals surface area contributed by atoms with E-state index in [1.807, 2.05) is 0 Å². The number of alkyl halides is 1. The van der Waals surface area contributed by atoms with Crippen molar-refractivity contribution in [1.29, 1.82) is 0 Å². The van der Waals surface area contributed by atoms with E-state index in [9.17, 15) is 17.6 Å². The molecule has 1 aromatic carbocycles. The van der Waals surface area contributed by atoms with Crippen LogP contribution in [0.3, 0.4) is 0 Å². The molecule has 8 heteroatoms. The van der Waals surface area contributed by atoms with Crippen LogP contribution < -0.4 is 5.32 Å². The van der Waals surface area contributed by atoms with Crippen molar-refractivity contribution in [3.8, 4) is 0 Å². The predicted molar refractivity (Wildman–Crippen MR) is 97.3 cm³/mol. The van der Waals surface area contributed by atoms with Crippen molar-refractivity contribution >= 4 is 15.9 Å². The molecule has 2 heterocycles. The van der Waals surface area contributed by atoms with Gasteiger partial charge in [-0.1, -0.05) is 12.5 Å². The van der Waals surface area contributed by atoms with Crippen molar-refractivity contribution in [3.05, 3.63) is 29.8 Å². The van der Waals surface area contributed by atoms with E-state index < -0.39 is 22.6 Å². The quantitative estimate of drug-likeness (QED) is 0.811. The Morgan fingerprint density at radius 3 is 2.77 bits per heavy atom. The molecule has 3 rings (SSSR count). The van der Waals surface area contributed by atoms with E-state index in [1.165, 1.54) is 41.8 Å². The Morgan fingerprint density at radius 1 is 1.31 bits per heavy atom. The summed E-state index contributed by atoms with van der Waals surface area (Å²) in [5.41, 5.74) is 0.223. The largest absolute Gasteiger partial charge is 0.349 e. The van der Waals surface area contributed by atoms with E-state index in [0.717, 1.165) is 6.54 Å². The highest BCUT2D eigenvalue weighted by Crippen LogP contribution is 2.28. The molecule has 1 atom stereocenters. The second-order valence-corrected chi connectivity index (χ2v) is 8.97. The SMILES string of the molecule is CC1CCCCN1C1CN(S(=O)(=O)c2cccc(C(=O)NCCF)c2)C1. The molecule has 2 fully saturated rings. The van der Waals surface area contributed by atoms with E-state index >= 15 is 0 Å². The summed E-state index contributed by atoms with van der Waals surface area (Å²) in [5, 5.41) is 2.41. The zero-order valence-electron chi connectivity index (χ0n) is 15.0. The molecule has 1 N–H and O–H groups in total. The van der Waals surface area contributed by atoms with Gasteiger partial charge in [-0.2, -0.15) is 4.31 Å². The number of sulfonamides is 1. The van der Waals surface area contributed by atoms with Crippen LogP contribution in [0.5, 0.6) is 0 Å². The Kier molecular flexibility index (Phi) is 5.94. The molecule has 0 aliphatic carbocycles. The van der Waals surface area contributed by atoms with E-state index in [2.05, 4.69) is 17.1 Å². The van der Waals surface area contributed by atoms with Crippen molar-refractivity contribution in [2.24, 2.45) is 0 Å². The number of nitrogens with zero attached hydrogens (tertiary/aromatic N) is 2. The standard InChI is InChI=1S/C18H26FN3O3S/c1-14-5-2-3-10-22(14)16-12-21(13-16)26(24,25)17-7-4-6-15(11-17)18(23)20-9-8-19/h4,6-7,11,14,16H,2-3,5,8-10,12-13H2,1H3,(H,20,23). The van der Waals surface area contributed by atoms with Crippen LogP contribution in [0.25, 0.3) is 0 Å². The lowest BCUT2D eigenvalue weighted by atomic mass is 9.99. The Bertz CT molecular complexity index is 750. The predicted octanol–water partition coefficient (Wildman–Crippen LogP) is 1.63. The molecule has 2 aliphatic rings. The molecule has 0 aromatic heterocycles. The third-order valence-electron chi connectivity index (χ3n) is 5.27. The summed E-state index contributed by atoms with van der Waals surface area (Å²) in [7, 11) is -3.62. The zero-order valence-corrected chi connectivity index (χ0v) is 15.8. The van der Waals surface area contributed by atoms with Gasteiger partial charge in [0.05, 0.1) is 4.90 Å². The second-order valence-electron chi connectivity index (χ2n) is 7.03. The Labute approximate surface area is 154 Å². The molecule has 26 heavy (non-hydrogen) atoms. The molecule has 1 amide bonds. The number of nitrogens with one attached hydrogen (secondary N) is 1. The van der Waals surface area contributed by atoms with Gasteiger partial charge in [-0.15, -0.1) is 0 Å². The van der Waals surface area contributed by atoms with Crippen molar-refractivity contribution < 1.29 is 17.6 Å². The summed E-state index contributed by atoms with van der Waals surface area (Å²) in [6, 6.07) is 6.71. The van der Waals surface area contributed by atoms with Crippen molar-refractivity contribution in [2.75, 3.05) is 32.9 Å². The lowest BCUT2D eigenvalue weighted by Gasteiger charge is -2.48. The summed E-state index contributed by atoms with van der Waals surface area (Å²) in [6.45, 7) is 3.47. The van der Waals surface area contributed by atoms with E-state index in [1.54, 1.807) is 6.07 Å². The molecule has 0 bridgehead atoms. The van der Waals surface area contributed by atoms with Gasteiger partial charge < -0.3 is 5.32 Å². The normalized spacial score (nSPS) is 22.8. The fourth-order valence-corrected chi connectivity index (χ4v) is 5.26. The molecule has 144 valence electrons. The topological polar surface area (TPSA) is 69.7 Å². The molecule has 0 radical (unpaired) electrons. The van der Waals surface area contributed by atoms with Crippen LogP contribution in [0.2, 0.25) is 0 Å². The fourth-order valence-electron chi connectivity index (χ4n) is 3.70. The third kappa shape index (κ3) is 3.92. The molecule has 1 unspecified atom stereocenters. The second kappa shape index (κ2) is 8.02. The number of hydrogen-bond donors (Lipinski definition) is 1. The Morgan fingerprint density at radius 2 is 2.08 bits per heavy atom. The average Bonchev–Trinajstić information content (AvgIpc) is 2.60. The molecular weight excluding hydrogens is 357 g/mol. The van der Waals surface area contributed by atoms with Crippen LogP contribution >= 0.6 is 0 Å². The maximum absolute atomic E-state index is 12.8. The molecule has 2 saturated heterocycles. The van der Waals surface area contributed by atoms with Crippen molar-refractivity contribution in [2.45, 2.75) is 43.2 Å². The zero-order chi connectivity index (χ0) is 18.7. The monoisotopic (exact) mass is 383 g/mol. The first-order chi connectivity index (χ1) is 12.4. The van der Waals surface area contributed by atoms with Crippen LogP contribution in [0, 0.1) is 0 Å². The number of hydrogen-bond acceptors (Lipinski definition) is 4. The fraction of sp³-hybridized carbons (Fsp3) is 0.611. The minimum absolute atomic E-state index is 0.0857. The first-order valence-corrected chi connectivity index (χ1v) is 10.6. The van der Waals surface area contributed by atoms with Gasteiger partial charge in [0.2, 0.25) is 10.0 Å². The van der Waals surface area contributed by atoms with E-state index in [0.29, 0.717) is 19.1 Å². The van der Waals surface area contributed by atoms with Gasteiger partial charge >= 0.3 is 0 Å². The van der Waals surface area contributed by atoms with Crippen LogP contribution in [0.15, 0.2) is 29.2 Å². The summed E-state index contributed by atoms with van der Waals surface area (Å²) in [6.07, 6.45) is 3.58. The van der Waals surface area contributed by atoms with Crippen LogP contribution in [0.1, 0.15) is 36.5 Å². The Balaban J connectivity index is 1.67. The third-order valence-corrected chi connectivity index (χ3v) is 7.09. The highest BCUT2D eigenvalue weighted by atomic mass is 32.2. The van der Waals surface area contributed by atoms with Gasteiger partial charge in [0, 0.05) is 37.3 Å².